The monoisotopic (exact) mass is 219 g/mol. The molecule has 0 fully saturated rings. The van der Waals surface area contributed by atoms with Gasteiger partial charge in [0.25, 0.3) is 0 Å². The summed E-state index contributed by atoms with van der Waals surface area (Å²) in [4.78, 5) is 4.00. The van der Waals surface area contributed by atoms with Gasteiger partial charge >= 0.3 is 0 Å². The highest BCUT2D eigenvalue weighted by Gasteiger charge is 2.21. The van der Waals surface area contributed by atoms with Gasteiger partial charge in [0, 0.05) is 17.5 Å². The maximum Gasteiger partial charge on any atom is 0.213 e. The third-order valence-corrected chi connectivity index (χ3v) is 3.08. The van der Waals surface area contributed by atoms with Crippen molar-refractivity contribution in [2.24, 2.45) is 0 Å². The topological polar surface area (TPSA) is 64.1 Å². The smallest absolute Gasteiger partial charge is 0.213 e. The second-order valence-corrected chi connectivity index (χ2v) is 4.10. The molecule has 0 aromatic carbocycles. The van der Waals surface area contributed by atoms with E-state index in [0.717, 1.165) is 24.8 Å². The van der Waals surface area contributed by atoms with Crippen LogP contribution in [0.15, 0.2) is 23.2 Å². The summed E-state index contributed by atoms with van der Waals surface area (Å²) < 4.78 is 6.79. The number of hydrogen-bond donors (Lipinski definition) is 1. The number of aromatic nitrogens is 3. The molecule has 2 aromatic rings. The molecule has 2 aromatic heterocycles. The van der Waals surface area contributed by atoms with E-state index >= 15 is 0 Å². The first-order valence-electron chi connectivity index (χ1n) is 5.46. The molecule has 84 valence electrons. The number of fused-ring (bicyclic) bond motifs is 1. The van der Waals surface area contributed by atoms with E-state index in [1.165, 1.54) is 12.1 Å². The number of aliphatic hydroxyl groups is 1. The molecule has 2 heterocycles. The predicted octanol–water partition coefficient (Wildman–Crippen LogP) is 1.29. The Balaban J connectivity index is 1.91. The van der Waals surface area contributed by atoms with Gasteiger partial charge in [-0.1, -0.05) is 5.16 Å². The average Bonchev–Trinajstić information content (AvgIpc) is 2.90. The summed E-state index contributed by atoms with van der Waals surface area (Å²) in [6.07, 6.45) is 5.91. The Morgan fingerprint density at radius 3 is 3.31 bits per heavy atom. The normalized spacial score (nSPS) is 19.7. The zero-order chi connectivity index (χ0) is 11.0. The molecule has 1 aliphatic rings. The molecule has 0 amide bonds. The number of rotatable bonds is 2. The van der Waals surface area contributed by atoms with Crippen LogP contribution in [-0.4, -0.2) is 19.8 Å². The van der Waals surface area contributed by atoms with Crippen LogP contribution in [0.5, 0.6) is 0 Å². The third kappa shape index (κ3) is 1.53. The summed E-state index contributed by atoms with van der Waals surface area (Å²) in [5.74, 6) is 0.665. The van der Waals surface area contributed by atoms with Crippen molar-refractivity contribution < 1.29 is 9.63 Å². The van der Waals surface area contributed by atoms with E-state index in [2.05, 4.69) is 14.7 Å². The Morgan fingerprint density at radius 1 is 1.56 bits per heavy atom. The molecule has 0 saturated heterocycles. The molecule has 5 heteroatoms. The van der Waals surface area contributed by atoms with E-state index in [9.17, 15) is 5.11 Å². The van der Waals surface area contributed by atoms with Crippen LogP contribution in [0.4, 0.5) is 0 Å². The van der Waals surface area contributed by atoms with Crippen LogP contribution in [0.2, 0.25) is 0 Å². The lowest BCUT2D eigenvalue weighted by Gasteiger charge is -2.19. The van der Waals surface area contributed by atoms with Crippen LogP contribution in [0, 0.1) is 0 Å². The highest BCUT2D eigenvalue weighted by molar-refractivity contribution is 5.27. The molecule has 1 aliphatic carbocycles. The lowest BCUT2D eigenvalue weighted by Crippen LogP contribution is -2.12. The van der Waals surface area contributed by atoms with Gasteiger partial charge in [-0.05, 0) is 25.3 Å². The van der Waals surface area contributed by atoms with Gasteiger partial charge in [-0.2, -0.15) is 4.98 Å². The molecule has 3 rings (SSSR count). The molecule has 1 unspecified atom stereocenters. The van der Waals surface area contributed by atoms with Crippen LogP contribution in [0.1, 0.15) is 36.0 Å². The lowest BCUT2D eigenvalue weighted by atomic mass is 9.95. The fourth-order valence-electron chi connectivity index (χ4n) is 2.29. The fourth-order valence-corrected chi connectivity index (χ4v) is 2.29. The third-order valence-electron chi connectivity index (χ3n) is 3.08. The average molecular weight is 219 g/mol. The minimum atomic E-state index is -0.310. The molecular weight excluding hydrogens is 206 g/mol. The number of hydrogen-bond acceptors (Lipinski definition) is 4. The first kappa shape index (κ1) is 9.59. The summed E-state index contributed by atoms with van der Waals surface area (Å²) in [5.41, 5.74) is 2.25. The van der Waals surface area contributed by atoms with Crippen LogP contribution in [0.25, 0.3) is 0 Å². The quantitative estimate of drug-likeness (QED) is 0.826. The summed E-state index contributed by atoms with van der Waals surface area (Å²) >= 11 is 0. The maximum absolute atomic E-state index is 9.84. The van der Waals surface area contributed by atoms with Crippen molar-refractivity contribution in [3.8, 4) is 0 Å². The van der Waals surface area contributed by atoms with Crippen molar-refractivity contribution in [3.05, 3.63) is 35.7 Å². The van der Waals surface area contributed by atoms with Crippen LogP contribution >= 0.6 is 0 Å². The van der Waals surface area contributed by atoms with Crippen molar-refractivity contribution in [3.63, 3.8) is 0 Å². The van der Waals surface area contributed by atoms with Crippen molar-refractivity contribution in [1.82, 2.24) is 14.7 Å². The minimum Gasteiger partial charge on any atom is -0.388 e. The van der Waals surface area contributed by atoms with E-state index in [4.69, 9.17) is 4.52 Å². The largest absolute Gasteiger partial charge is 0.388 e. The number of nitrogens with zero attached hydrogens (tertiary/aromatic N) is 3. The van der Waals surface area contributed by atoms with Gasteiger partial charge in [0.1, 0.15) is 0 Å². The molecule has 0 radical (unpaired) electrons. The SMILES string of the molecule is OC1CCCc2c1ccn2Cc1ncon1. The van der Waals surface area contributed by atoms with E-state index in [1.807, 2.05) is 12.3 Å². The summed E-state index contributed by atoms with van der Waals surface area (Å²) in [6.45, 7) is 0.610. The maximum atomic E-state index is 9.84. The predicted molar refractivity (Wildman–Crippen MR) is 55.7 cm³/mol. The Labute approximate surface area is 92.7 Å². The van der Waals surface area contributed by atoms with Crippen LogP contribution < -0.4 is 0 Å². The van der Waals surface area contributed by atoms with Crippen LogP contribution in [-0.2, 0) is 13.0 Å². The summed E-state index contributed by atoms with van der Waals surface area (Å²) in [7, 11) is 0. The molecule has 1 N–H and O–H groups in total. The van der Waals surface area contributed by atoms with Crippen molar-refractivity contribution in [2.45, 2.75) is 31.9 Å². The zero-order valence-electron chi connectivity index (χ0n) is 8.83. The number of aliphatic hydroxyl groups excluding tert-OH is 1. The second kappa shape index (κ2) is 3.75. The highest BCUT2D eigenvalue weighted by atomic mass is 16.5. The van der Waals surface area contributed by atoms with Crippen molar-refractivity contribution in [2.75, 3.05) is 0 Å². The zero-order valence-corrected chi connectivity index (χ0v) is 8.83. The van der Waals surface area contributed by atoms with Gasteiger partial charge < -0.3 is 14.2 Å². The molecule has 1 atom stereocenters. The molecule has 5 nitrogen and oxygen atoms in total. The minimum absolute atomic E-state index is 0.310. The van der Waals surface area contributed by atoms with E-state index in [-0.39, 0.29) is 6.10 Å². The van der Waals surface area contributed by atoms with Gasteiger partial charge in [-0.25, -0.2) is 0 Å². The fraction of sp³-hybridized carbons (Fsp3) is 0.455. The highest BCUT2D eigenvalue weighted by Crippen LogP contribution is 2.30. The van der Waals surface area contributed by atoms with Crippen molar-refractivity contribution in [1.29, 1.82) is 0 Å². The standard InChI is InChI=1S/C11H13N3O2/c15-10-3-1-2-9-8(10)4-5-14(9)6-11-12-7-16-13-11/h4-5,7,10,15H,1-3,6H2. The lowest BCUT2D eigenvalue weighted by molar-refractivity contribution is 0.155. The van der Waals surface area contributed by atoms with Gasteiger partial charge in [0.05, 0.1) is 12.6 Å². The second-order valence-electron chi connectivity index (χ2n) is 4.10. The molecule has 0 spiro atoms. The Kier molecular flexibility index (Phi) is 2.25. The summed E-state index contributed by atoms with van der Waals surface area (Å²) in [6, 6.07) is 1.99. The van der Waals surface area contributed by atoms with E-state index in [0.29, 0.717) is 12.4 Å². The molecule has 16 heavy (non-hydrogen) atoms. The van der Waals surface area contributed by atoms with E-state index < -0.39 is 0 Å². The van der Waals surface area contributed by atoms with Crippen molar-refractivity contribution >= 4 is 0 Å². The Hall–Kier alpha value is -1.62. The van der Waals surface area contributed by atoms with E-state index in [1.54, 1.807) is 0 Å². The molecule has 0 bridgehead atoms. The van der Waals surface area contributed by atoms with Crippen LogP contribution in [0.3, 0.4) is 0 Å². The van der Waals surface area contributed by atoms with Gasteiger partial charge in [0.15, 0.2) is 5.82 Å². The summed E-state index contributed by atoms with van der Waals surface area (Å²) in [5, 5.41) is 13.6. The van der Waals surface area contributed by atoms with Gasteiger partial charge in [0.2, 0.25) is 6.39 Å². The van der Waals surface area contributed by atoms with Gasteiger partial charge in [-0.3, -0.25) is 0 Å². The Morgan fingerprint density at radius 2 is 2.50 bits per heavy atom. The Bertz CT molecular complexity index is 475. The molecule has 0 saturated carbocycles. The first-order chi connectivity index (χ1) is 7.84. The first-order valence-corrected chi connectivity index (χ1v) is 5.46. The molecule has 0 aliphatic heterocycles. The molecular formula is C11H13N3O2. The van der Waals surface area contributed by atoms with Gasteiger partial charge in [-0.15, -0.1) is 0 Å².